The van der Waals surface area contributed by atoms with Crippen molar-refractivity contribution in [3.63, 3.8) is 0 Å². The van der Waals surface area contributed by atoms with E-state index in [4.69, 9.17) is 10.2 Å². The summed E-state index contributed by atoms with van der Waals surface area (Å²) in [4.78, 5) is 20.4. The third-order valence-corrected chi connectivity index (χ3v) is 2.15. The fourth-order valence-electron chi connectivity index (χ4n) is 1.43. The van der Waals surface area contributed by atoms with Gasteiger partial charge in [0.1, 0.15) is 5.75 Å². The van der Waals surface area contributed by atoms with E-state index < -0.39 is 23.4 Å². The highest BCUT2D eigenvalue weighted by molar-refractivity contribution is 5.68. The van der Waals surface area contributed by atoms with E-state index >= 15 is 0 Å². The Morgan fingerprint density at radius 1 is 1.38 bits per heavy atom. The van der Waals surface area contributed by atoms with E-state index in [1.54, 1.807) is 0 Å². The molecule has 6 nitrogen and oxygen atoms in total. The van der Waals surface area contributed by atoms with Crippen LogP contribution in [0.15, 0.2) is 24.3 Å². The van der Waals surface area contributed by atoms with Gasteiger partial charge in [-0.2, -0.15) is 0 Å². The molecule has 1 aromatic carbocycles. The van der Waals surface area contributed by atoms with Crippen LogP contribution in [0.25, 0.3) is 0 Å². The molecule has 86 valence electrons. The smallest absolute Gasteiger partial charge is 0.304 e. The molecule has 0 spiro atoms. The van der Waals surface area contributed by atoms with Gasteiger partial charge in [-0.25, -0.2) is 0 Å². The summed E-state index contributed by atoms with van der Waals surface area (Å²) in [5.41, 5.74) is 0.539. The standard InChI is InChI=1S/C10H11NO5/c12-9-3-1-7(2-4-9)8(5-10(13)14)6-11(15)16/h1-4,8,12H,5-6H2,(H,13,14). The number of aromatic hydroxyl groups is 1. The minimum absolute atomic E-state index is 0.0407. The zero-order valence-electron chi connectivity index (χ0n) is 8.37. The maximum absolute atomic E-state index is 10.6. The van der Waals surface area contributed by atoms with E-state index in [9.17, 15) is 14.9 Å². The molecule has 0 saturated heterocycles. The van der Waals surface area contributed by atoms with Gasteiger partial charge in [0.15, 0.2) is 0 Å². The van der Waals surface area contributed by atoms with Crippen LogP contribution in [0.5, 0.6) is 5.75 Å². The fourth-order valence-corrected chi connectivity index (χ4v) is 1.43. The van der Waals surface area contributed by atoms with Crippen LogP contribution in [0.1, 0.15) is 17.9 Å². The van der Waals surface area contributed by atoms with Gasteiger partial charge in [-0.15, -0.1) is 0 Å². The van der Waals surface area contributed by atoms with E-state index in [0.29, 0.717) is 5.56 Å². The lowest BCUT2D eigenvalue weighted by Gasteiger charge is -2.10. The van der Waals surface area contributed by atoms with Crippen molar-refractivity contribution >= 4 is 5.97 Å². The van der Waals surface area contributed by atoms with Crippen molar-refractivity contribution in [3.8, 4) is 5.75 Å². The summed E-state index contributed by atoms with van der Waals surface area (Å²) in [6.07, 6.45) is -0.300. The van der Waals surface area contributed by atoms with Gasteiger partial charge in [0.25, 0.3) is 0 Å². The Bertz CT molecular complexity index is 371. The first kappa shape index (κ1) is 12.0. The average Bonchev–Trinajstić information content (AvgIpc) is 2.16. The van der Waals surface area contributed by atoms with E-state index in [1.165, 1.54) is 24.3 Å². The quantitative estimate of drug-likeness (QED) is 0.579. The zero-order chi connectivity index (χ0) is 12.1. The Morgan fingerprint density at radius 2 is 1.94 bits per heavy atom. The summed E-state index contributed by atoms with van der Waals surface area (Å²) in [5.74, 6) is -1.72. The van der Waals surface area contributed by atoms with Gasteiger partial charge in [-0.3, -0.25) is 14.9 Å². The number of phenols is 1. The largest absolute Gasteiger partial charge is 0.508 e. The number of nitro groups is 1. The van der Waals surface area contributed by atoms with Crippen molar-refractivity contribution in [2.24, 2.45) is 0 Å². The van der Waals surface area contributed by atoms with Gasteiger partial charge in [-0.1, -0.05) is 12.1 Å². The highest BCUT2D eigenvalue weighted by Crippen LogP contribution is 2.22. The SMILES string of the molecule is O=C(O)CC(C[N+](=O)[O-])c1ccc(O)cc1. The number of carboxylic acids is 1. The molecular formula is C10H11NO5. The number of aliphatic carboxylic acids is 1. The zero-order valence-corrected chi connectivity index (χ0v) is 8.37. The lowest BCUT2D eigenvalue weighted by Crippen LogP contribution is -2.16. The molecule has 2 N–H and O–H groups in total. The molecule has 0 saturated carbocycles. The number of hydrogen-bond donors (Lipinski definition) is 2. The molecule has 1 aromatic rings. The molecule has 0 heterocycles. The molecule has 16 heavy (non-hydrogen) atoms. The van der Waals surface area contributed by atoms with Crippen LogP contribution >= 0.6 is 0 Å². The van der Waals surface area contributed by atoms with Crippen molar-refractivity contribution < 1.29 is 19.9 Å². The van der Waals surface area contributed by atoms with Crippen LogP contribution in [0.4, 0.5) is 0 Å². The van der Waals surface area contributed by atoms with Crippen LogP contribution in [-0.4, -0.2) is 27.7 Å². The normalized spacial score (nSPS) is 12.0. The van der Waals surface area contributed by atoms with Crippen molar-refractivity contribution in [3.05, 3.63) is 39.9 Å². The van der Waals surface area contributed by atoms with Gasteiger partial charge in [0.2, 0.25) is 6.54 Å². The molecule has 0 radical (unpaired) electrons. The Balaban J connectivity index is 2.86. The van der Waals surface area contributed by atoms with E-state index in [1.807, 2.05) is 0 Å². The number of rotatable bonds is 5. The number of hydrogen-bond acceptors (Lipinski definition) is 4. The average molecular weight is 225 g/mol. The Kier molecular flexibility index (Phi) is 3.82. The van der Waals surface area contributed by atoms with E-state index in [2.05, 4.69) is 0 Å². The highest BCUT2D eigenvalue weighted by atomic mass is 16.6. The van der Waals surface area contributed by atoms with Crippen LogP contribution in [0.2, 0.25) is 0 Å². The third-order valence-electron chi connectivity index (χ3n) is 2.15. The second-order valence-electron chi connectivity index (χ2n) is 3.40. The first-order valence-corrected chi connectivity index (χ1v) is 4.61. The predicted molar refractivity (Wildman–Crippen MR) is 55.0 cm³/mol. The molecule has 1 rings (SSSR count). The monoisotopic (exact) mass is 225 g/mol. The summed E-state index contributed by atoms with van der Waals surface area (Å²) in [5, 5.41) is 28.1. The molecular weight excluding hydrogens is 214 g/mol. The van der Waals surface area contributed by atoms with Crippen molar-refractivity contribution in [2.75, 3.05) is 6.54 Å². The third kappa shape index (κ3) is 3.56. The van der Waals surface area contributed by atoms with Crippen molar-refractivity contribution in [1.82, 2.24) is 0 Å². The second kappa shape index (κ2) is 5.11. The molecule has 1 atom stereocenters. The van der Waals surface area contributed by atoms with Crippen molar-refractivity contribution in [2.45, 2.75) is 12.3 Å². The molecule has 0 aliphatic rings. The maximum atomic E-state index is 10.6. The van der Waals surface area contributed by atoms with Gasteiger partial charge in [0.05, 0.1) is 12.3 Å². The van der Waals surface area contributed by atoms with Crippen LogP contribution < -0.4 is 0 Å². The molecule has 0 aliphatic carbocycles. The molecule has 0 aliphatic heterocycles. The minimum atomic E-state index is -1.08. The summed E-state index contributed by atoms with van der Waals surface area (Å²) in [7, 11) is 0. The fraction of sp³-hybridized carbons (Fsp3) is 0.300. The number of phenolic OH excluding ortho intramolecular Hbond substituents is 1. The van der Waals surface area contributed by atoms with Crippen LogP contribution in [0, 0.1) is 10.1 Å². The minimum Gasteiger partial charge on any atom is -0.508 e. The van der Waals surface area contributed by atoms with E-state index in [-0.39, 0.29) is 12.2 Å². The van der Waals surface area contributed by atoms with Crippen LogP contribution in [0.3, 0.4) is 0 Å². The first-order valence-electron chi connectivity index (χ1n) is 4.61. The maximum Gasteiger partial charge on any atom is 0.304 e. The second-order valence-corrected chi connectivity index (χ2v) is 3.40. The molecule has 6 heteroatoms. The molecule has 0 aromatic heterocycles. The van der Waals surface area contributed by atoms with Crippen LogP contribution in [-0.2, 0) is 4.79 Å². The van der Waals surface area contributed by atoms with E-state index in [0.717, 1.165) is 0 Å². The first-order chi connectivity index (χ1) is 7.49. The number of carboxylic acid groups (broad SMARTS) is 1. The lowest BCUT2D eigenvalue weighted by molar-refractivity contribution is -0.483. The molecule has 1 unspecified atom stereocenters. The summed E-state index contributed by atoms with van der Waals surface area (Å²) < 4.78 is 0. The van der Waals surface area contributed by atoms with Gasteiger partial charge in [-0.05, 0) is 17.7 Å². The summed E-state index contributed by atoms with van der Waals surface area (Å²) in [6.45, 7) is -0.433. The number of nitrogens with zero attached hydrogens (tertiary/aromatic N) is 1. The van der Waals surface area contributed by atoms with Gasteiger partial charge >= 0.3 is 5.97 Å². The molecule has 0 fully saturated rings. The highest BCUT2D eigenvalue weighted by Gasteiger charge is 2.20. The number of carbonyl (C=O) groups is 1. The summed E-state index contributed by atoms with van der Waals surface area (Å²) in [6, 6.07) is 5.74. The Labute approximate surface area is 91.3 Å². The Hall–Kier alpha value is -2.11. The topological polar surface area (TPSA) is 101 Å². The van der Waals surface area contributed by atoms with Gasteiger partial charge in [0, 0.05) is 4.92 Å². The lowest BCUT2D eigenvalue weighted by atomic mass is 9.96. The Morgan fingerprint density at radius 3 is 2.38 bits per heavy atom. The molecule has 0 bridgehead atoms. The van der Waals surface area contributed by atoms with Crippen molar-refractivity contribution in [1.29, 1.82) is 0 Å². The van der Waals surface area contributed by atoms with Gasteiger partial charge < -0.3 is 10.2 Å². The molecule has 0 amide bonds. The predicted octanol–water partition coefficient (Wildman–Crippen LogP) is 1.23. The summed E-state index contributed by atoms with van der Waals surface area (Å²) >= 11 is 0. The number of benzene rings is 1.